The number of amidine groups is 1. The molecule has 2 aromatic heterocycles. The van der Waals surface area contributed by atoms with Crippen LogP contribution in [-0.4, -0.2) is 30.6 Å². The average Bonchev–Trinajstić information content (AvgIpc) is 3.13. The molecule has 0 saturated carbocycles. The maximum Gasteiger partial charge on any atom is 0.286 e. The van der Waals surface area contributed by atoms with Gasteiger partial charge in [-0.1, -0.05) is 32.9 Å². The molecule has 0 radical (unpaired) electrons. The van der Waals surface area contributed by atoms with Crippen molar-refractivity contribution in [2.24, 2.45) is 9.81 Å². The van der Waals surface area contributed by atoms with Crippen molar-refractivity contribution in [2.75, 3.05) is 17.3 Å². The molecule has 3 heterocycles. The lowest BCUT2D eigenvalue weighted by atomic mass is 9.93. The van der Waals surface area contributed by atoms with Crippen LogP contribution in [0.2, 0.25) is 0 Å². The van der Waals surface area contributed by atoms with Crippen molar-refractivity contribution in [1.29, 1.82) is 0 Å². The minimum absolute atomic E-state index is 0.0223. The molecule has 1 aliphatic rings. The number of benzene rings is 1. The van der Waals surface area contributed by atoms with Crippen LogP contribution in [0.1, 0.15) is 32.8 Å². The maximum atomic E-state index is 13.3. The lowest BCUT2D eigenvalue weighted by molar-refractivity contribution is 0.384. The Balaban J connectivity index is 1.86. The number of aromatic nitrogens is 1. The summed E-state index contributed by atoms with van der Waals surface area (Å²) in [5.74, 6) is -0.488. The minimum Gasteiger partial charge on any atom is -0.505 e. The smallest absolute Gasteiger partial charge is 0.286 e. The number of nitrogens with zero attached hydrogens (tertiary/aromatic N) is 2. The highest BCUT2D eigenvalue weighted by atomic mass is 32.2. The van der Waals surface area contributed by atoms with Crippen LogP contribution in [0.5, 0.6) is 5.75 Å². The molecule has 0 bridgehead atoms. The first-order chi connectivity index (χ1) is 14.1. The van der Waals surface area contributed by atoms with Crippen LogP contribution in [0, 0.1) is 5.41 Å². The van der Waals surface area contributed by atoms with E-state index in [-0.39, 0.29) is 27.5 Å². The third kappa shape index (κ3) is 3.56. The van der Waals surface area contributed by atoms with E-state index >= 15 is 0 Å². The van der Waals surface area contributed by atoms with E-state index < -0.39 is 15.6 Å². The molecule has 10 heteroatoms. The van der Waals surface area contributed by atoms with Crippen molar-refractivity contribution in [3.63, 3.8) is 0 Å². The summed E-state index contributed by atoms with van der Waals surface area (Å²) in [4.78, 5) is 13.3. The van der Waals surface area contributed by atoms with Gasteiger partial charge in [-0.25, -0.2) is 4.68 Å². The third-order valence-electron chi connectivity index (χ3n) is 4.77. The van der Waals surface area contributed by atoms with Crippen LogP contribution in [-0.2, 0) is 10.0 Å². The molecule has 3 aromatic rings. The van der Waals surface area contributed by atoms with Crippen LogP contribution >= 0.6 is 11.3 Å². The highest BCUT2D eigenvalue weighted by Gasteiger charge is 2.30. The standard InChI is InChI=1S/C20H22N4O4S2/c1-20(2,3)9-10-21-24-13-8-11-29-17(13)16(25)15(19(24)26)18-22-12-6-4-5-7-14(12)30(27,28)23-18/h4-8,11,21,25H,9-10H2,1-3H3,(H,22,23). The van der Waals surface area contributed by atoms with Crippen molar-refractivity contribution >= 4 is 43.1 Å². The number of hydrogen-bond acceptors (Lipinski definition) is 7. The van der Waals surface area contributed by atoms with Crippen molar-refractivity contribution in [1.82, 2.24) is 4.68 Å². The van der Waals surface area contributed by atoms with Gasteiger partial charge in [0.05, 0.1) is 15.9 Å². The molecule has 0 fully saturated rings. The Labute approximate surface area is 177 Å². The maximum absolute atomic E-state index is 13.3. The van der Waals surface area contributed by atoms with Gasteiger partial charge in [0, 0.05) is 6.54 Å². The number of aromatic hydroxyl groups is 1. The molecule has 0 unspecified atom stereocenters. The Morgan fingerprint density at radius 3 is 2.70 bits per heavy atom. The largest absolute Gasteiger partial charge is 0.505 e. The van der Waals surface area contributed by atoms with E-state index in [4.69, 9.17) is 0 Å². The van der Waals surface area contributed by atoms with Crippen molar-refractivity contribution in [3.05, 3.63) is 51.6 Å². The number of anilines is 1. The van der Waals surface area contributed by atoms with Crippen molar-refractivity contribution in [2.45, 2.75) is 32.1 Å². The zero-order valence-corrected chi connectivity index (χ0v) is 18.4. The molecule has 0 atom stereocenters. The first kappa shape index (κ1) is 20.4. The van der Waals surface area contributed by atoms with Gasteiger partial charge < -0.3 is 15.8 Å². The predicted molar refractivity (Wildman–Crippen MR) is 120 cm³/mol. The highest BCUT2D eigenvalue weighted by Crippen LogP contribution is 2.34. The Kier molecular flexibility index (Phi) is 4.86. The molecular formula is C20H22N4O4S2. The van der Waals surface area contributed by atoms with Gasteiger partial charge in [-0.05, 0) is 35.4 Å². The van der Waals surface area contributed by atoms with Crippen LogP contribution in [0.25, 0.3) is 10.2 Å². The number of sulfonamides is 1. The molecule has 3 N–H and O–H groups in total. The summed E-state index contributed by atoms with van der Waals surface area (Å²) in [5.41, 5.74) is 3.25. The number of hydrogen-bond donors (Lipinski definition) is 3. The van der Waals surface area contributed by atoms with Gasteiger partial charge in [-0.2, -0.15) is 8.42 Å². The Morgan fingerprint density at radius 1 is 1.23 bits per heavy atom. The van der Waals surface area contributed by atoms with Crippen LogP contribution in [0.4, 0.5) is 5.69 Å². The zero-order chi connectivity index (χ0) is 21.7. The SMILES string of the molecule is CC(C)(C)CCNn1c(=O)c(C2=NS(=O)(=O)c3ccccc3N2)c(O)c2sccc21. The summed E-state index contributed by atoms with van der Waals surface area (Å²) in [6.07, 6.45) is 0.808. The van der Waals surface area contributed by atoms with E-state index in [1.165, 1.54) is 22.1 Å². The predicted octanol–water partition coefficient (Wildman–Crippen LogP) is 3.31. The number of pyridine rings is 1. The second kappa shape index (κ2) is 7.13. The quantitative estimate of drug-likeness (QED) is 0.567. The first-order valence-electron chi connectivity index (χ1n) is 9.39. The topological polar surface area (TPSA) is 113 Å². The monoisotopic (exact) mass is 446 g/mol. The van der Waals surface area contributed by atoms with E-state index in [0.29, 0.717) is 22.4 Å². The lowest BCUT2D eigenvalue weighted by Crippen LogP contribution is -2.37. The zero-order valence-electron chi connectivity index (χ0n) is 16.8. The molecule has 0 amide bonds. The Bertz CT molecular complexity index is 1330. The minimum atomic E-state index is -4.01. The normalized spacial score (nSPS) is 15.4. The molecule has 0 spiro atoms. The molecule has 1 aromatic carbocycles. The molecule has 4 rings (SSSR count). The number of para-hydroxylation sites is 1. The molecule has 158 valence electrons. The summed E-state index contributed by atoms with van der Waals surface area (Å²) in [6, 6.07) is 8.03. The molecule has 0 saturated heterocycles. The summed E-state index contributed by atoms with van der Waals surface area (Å²) in [7, 11) is -4.01. The van der Waals surface area contributed by atoms with E-state index in [2.05, 4.69) is 35.9 Å². The first-order valence-corrected chi connectivity index (χ1v) is 11.7. The number of thiophene rings is 1. The van der Waals surface area contributed by atoms with E-state index in [1.54, 1.807) is 29.6 Å². The molecule has 8 nitrogen and oxygen atoms in total. The summed E-state index contributed by atoms with van der Waals surface area (Å²) < 4.78 is 30.9. The van der Waals surface area contributed by atoms with Crippen LogP contribution < -0.4 is 16.3 Å². The number of nitrogens with one attached hydrogen (secondary N) is 2. The average molecular weight is 447 g/mol. The van der Waals surface area contributed by atoms with Gasteiger partial charge >= 0.3 is 0 Å². The second-order valence-corrected chi connectivity index (χ2v) is 10.7. The lowest BCUT2D eigenvalue weighted by Gasteiger charge is -2.22. The van der Waals surface area contributed by atoms with Crippen molar-refractivity contribution < 1.29 is 13.5 Å². The molecule has 30 heavy (non-hydrogen) atoms. The van der Waals surface area contributed by atoms with Gasteiger partial charge in [0.15, 0.2) is 11.6 Å². The Morgan fingerprint density at radius 2 is 1.97 bits per heavy atom. The van der Waals surface area contributed by atoms with Gasteiger partial charge in [0.25, 0.3) is 15.6 Å². The van der Waals surface area contributed by atoms with Crippen LogP contribution in [0.3, 0.4) is 0 Å². The van der Waals surface area contributed by atoms with Crippen LogP contribution in [0.15, 0.2) is 49.8 Å². The third-order valence-corrected chi connectivity index (χ3v) is 7.01. The number of fused-ring (bicyclic) bond motifs is 2. The second-order valence-electron chi connectivity index (χ2n) is 8.25. The van der Waals surface area contributed by atoms with Gasteiger partial charge in [0.1, 0.15) is 10.5 Å². The summed E-state index contributed by atoms with van der Waals surface area (Å²) in [6.45, 7) is 6.83. The van der Waals surface area contributed by atoms with E-state index in [9.17, 15) is 18.3 Å². The van der Waals surface area contributed by atoms with Crippen molar-refractivity contribution in [3.8, 4) is 5.75 Å². The summed E-state index contributed by atoms with van der Waals surface area (Å²) in [5, 5.41) is 15.5. The summed E-state index contributed by atoms with van der Waals surface area (Å²) >= 11 is 1.26. The van der Waals surface area contributed by atoms with Gasteiger partial charge in [-0.3, -0.25) is 4.79 Å². The number of rotatable bonds is 4. The fraction of sp³-hybridized carbons (Fsp3) is 0.300. The van der Waals surface area contributed by atoms with E-state index in [1.807, 2.05) is 0 Å². The van der Waals surface area contributed by atoms with E-state index in [0.717, 1.165) is 6.42 Å². The molecule has 1 aliphatic heterocycles. The fourth-order valence-corrected chi connectivity index (χ4v) is 5.18. The van der Waals surface area contributed by atoms with Gasteiger partial charge in [0.2, 0.25) is 0 Å². The highest BCUT2D eigenvalue weighted by molar-refractivity contribution is 7.90. The molecular weight excluding hydrogens is 424 g/mol. The Hall–Kier alpha value is -2.85. The fourth-order valence-electron chi connectivity index (χ4n) is 3.23. The molecule has 0 aliphatic carbocycles. The van der Waals surface area contributed by atoms with Gasteiger partial charge in [-0.15, -0.1) is 15.7 Å².